The Morgan fingerprint density at radius 2 is 1.62 bits per heavy atom. The highest BCUT2D eigenvalue weighted by Gasteiger charge is 2.75. The zero-order chi connectivity index (χ0) is 29.9. The van der Waals surface area contributed by atoms with Gasteiger partial charge in [-0.2, -0.15) is 0 Å². The molecule has 9 nitrogen and oxygen atoms in total. The number of carbonyl (C=O) groups is 3. The zero-order valence-corrected chi connectivity index (χ0v) is 25.2. The molecule has 1 aromatic rings. The molecular weight excluding hydrogens is 534 g/mol. The highest BCUT2D eigenvalue weighted by molar-refractivity contribution is 6.04. The summed E-state index contributed by atoms with van der Waals surface area (Å²) in [6.07, 6.45) is 12.3. The van der Waals surface area contributed by atoms with Crippen molar-refractivity contribution in [1.82, 2.24) is 9.80 Å². The topological polar surface area (TPSA) is 99.6 Å². The lowest BCUT2D eigenvalue weighted by Crippen LogP contribution is -2.56. The van der Waals surface area contributed by atoms with Crippen LogP contribution in [0.1, 0.15) is 59.3 Å². The molecule has 5 atom stereocenters. The molecule has 3 amide bonds. The molecule has 42 heavy (non-hydrogen) atoms. The van der Waals surface area contributed by atoms with Crippen molar-refractivity contribution in [3.63, 3.8) is 0 Å². The van der Waals surface area contributed by atoms with Gasteiger partial charge in [0.1, 0.15) is 17.4 Å². The van der Waals surface area contributed by atoms with E-state index in [-0.39, 0.29) is 24.3 Å². The van der Waals surface area contributed by atoms with Crippen LogP contribution in [0.5, 0.6) is 5.75 Å². The number of rotatable bonds is 12. The smallest absolute Gasteiger partial charge is 0.249 e. The van der Waals surface area contributed by atoms with Crippen LogP contribution in [0.4, 0.5) is 5.69 Å². The minimum absolute atomic E-state index is 0.0106. The molecule has 4 heterocycles. The van der Waals surface area contributed by atoms with E-state index in [1.54, 1.807) is 9.80 Å². The largest absolute Gasteiger partial charge is 0.494 e. The van der Waals surface area contributed by atoms with E-state index in [2.05, 4.69) is 6.92 Å². The molecule has 2 fully saturated rings. The summed E-state index contributed by atoms with van der Waals surface area (Å²) in [5.74, 6) is -1.44. The summed E-state index contributed by atoms with van der Waals surface area (Å²) in [7, 11) is 0. The van der Waals surface area contributed by atoms with Crippen LogP contribution in [0, 0.1) is 11.8 Å². The van der Waals surface area contributed by atoms with Crippen LogP contribution in [-0.4, -0.2) is 89.3 Å². The Hall–Kier alpha value is -3.17. The summed E-state index contributed by atoms with van der Waals surface area (Å²) in [4.78, 5) is 48.6. The fourth-order valence-electron chi connectivity index (χ4n) is 7.32. The third kappa shape index (κ3) is 5.04. The average Bonchev–Trinajstić information content (AvgIpc) is 3.28. The maximum atomic E-state index is 14.6. The number of hydrogen-bond acceptors (Lipinski definition) is 6. The zero-order valence-electron chi connectivity index (χ0n) is 25.2. The number of carbonyl (C=O) groups excluding carboxylic acids is 3. The van der Waals surface area contributed by atoms with Gasteiger partial charge in [0.2, 0.25) is 17.7 Å². The van der Waals surface area contributed by atoms with Crippen LogP contribution in [0.2, 0.25) is 0 Å². The number of benzene rings is 1. The van der Waals surface area contributed by atoms with E-state index in [9.17, 15) is 19.5 Å². The number of nitrogens with zero attached hydrogens (tertiary/aromatic N) is 3. The van der Waals surface area contributed by atoms with Gasteiger partial charge in [-0.15, -0.1) is 0 Å². The molecule has 228 valence electrons. The Labute approximate surface area is 249 Å². The van der Waals surface area contributed by atoms with E-state index in [0.717, 1.165) is 30.7 Å². The second-order valence-corrected chi connectivity index (χ2v) is 11.8. The van der Waals surface area contributed by atoms with Crippen molar-refractivity contribution < 1.29 is 29.0 Å². The van der Waals surface area contributed by atoms with Crippen LogP contribution < -0.4 is 9.64 Å². The summed E-state index contributed by atoms with van der Waals surface area (Å²) in [6.45, 7) is 8.33. The van der Waals surface area contributed by atoms with E-state index in [0.29, 0.717) is 52.0 Å². The number of amides is 3. The van der Waals surface area contributed by atoms with Crippen molar-refractivity contribution in [1.29, 1.82) is 0 Å². The van der Waals surface area contributed by atoms with Gasteiger partial charge in [0.25, 0.3) is 0 Å². The molecule has 1 aromatic carbocycles. The maximum Gasteiger partial charge on any atom is 0.249 e. The van der Waals surface area contributed by atoms with Gasteiger partial charge in [0, 0.05) is 38.5 Å². The van der Waals surface area contributed by atoms with Crippen LogP contribution in [0.3, 0.4) is 0 Å². The van der Waals surface area contributed by atoms with Gasteiger partial charge in [-0.05, 0) is 56.9 Å². The number of anilines is 1. The van der Waals surface area contributed by atoms with Gasteiger partial charge in [-0.3, -0.25) is 14.4 Å². The van der Waals surface area contributed by atoms with Gasteiger partial charge < -0.3 is 29.3 Å². The maximum absolute atomic E-state index is 14.6. The van der Waals surface area contributed by atoms with E-state index >= 15 is 0 Å². The van der Waals surface area contributed by atoms with Crippen molar-refractivity contribution >= 4 is 23.4 Å². The summed E-state index contributed by atoms with van der Waals surface area (Å²) in [6, 6.07) is 6.57. The molecule has 5 rings (SSSR count). The SMILES string of the molecule is CCCCCN1CC=C[C@]23O[C@]4(CC)C=CCN(c5ccc(OCC)cc5)C(=O)[C@@H]4[C@H]2C(=O)N(CCCCO)C3C1=O. The van der Waals surface area contributed by atoms with Crippen molar-refractivity contribution in [3.8, 4) is 5.75 Å². The first-order chi connectivity index (χ1) is 20.4. The summed E-state index contributed by atoms with van der Waals surface area (Å²) in [5, 5.41) is 9.45. The number of fused-ring (bicyclic) bond motifs is 2. The van der Waals surface area contributed by atoms with Crippen molar-refractivity contribution in [2.45, 2.75) is 76.5 Å². The molecular formula is C33H45N3O6. The van der Waals surface area contributed by atoms with Gasteiger partial charge in [0.05, 0.1) is 24.0 Å². The summed E-state index contributed by atoms with van der Waals surface area (Å²) < 4.78 is 12.6. The standard InChI is InChI=1S/C33H45N3O6/c1-4-7-8-19-34-20-12-18-33-27(30(39)36(21-9-10-23-37)28(33)31(34)40)26-29(38)35(22-11-17-32(26,5-2)42-33)24-13-15-25(16-14-24)41-6-3/h11-18,26-28,37H,4-10,19-23H2,1-3H3/t26-,27-,28?,32+,33-/m0/s1. The Morgan fingerprint density at radius 3 is 2.31 bits per heavy atom. The van der Waals surface area contributed by atoms with E-state index in [4.69, 9.17) is 9.47 Å². The Bertz CT molecular complexity index is 1210. The number of unbranched alkanes of at least 4 members (excludes halogenated alkanes) is 3. The lowest BCUT2D eigenvalue weighted by molar-refractivity contribution is -0.152. The van der Waals surface area contributed by atoms with Crippen molar-refractivity contribution in [3.05, 3.63) is 48.6 Å². The average molecular weight is 580 g/mol. The third-order valence-electron chi connectivity index (χ3n) is 9.32. The van der Waals surface area contributed by atoms with E-state index < -0.39 is 29.1 Å². The highest BCUT2D eigenvalue weighted by Crippen LogP contribution is 2.58. The van der Waals surface area contributed by atoms with Gasteiger partial charge >= 0.3 is 0 Å². The van der Waals surface area contributed by atoms with E-state index in [1.807, 2.05) is 67.3 Å². The van der Waals surface area contributed by atoms with Crippen molar-refractivity contribution in [2.75, 3.05) is 44.3 Å². The minimum atomic E-state index is -1.25. The first-order valence-corrected chi connectivity index (χ1v) is 15.7. The third-order valence-corrected chi connectivity index (χ3v) is 9.32. The van der Waals surface area contributed by atoms with Crippen LogP contribution in [0.25, 0.3) is 0 Å². The van der Waals surface area contributed by atoms with Crippen LogP contribution >= 0.6 is 0 Å². The fourth-order valence-corrected chi connectivity index (χ4v) is 7.32. The molecule has 0 aliphatic carbocycles. The molecule has 9 heteroatoms. The van der Waals surface area contributed by atoms with Crippen LogP contribution in [-0.2, 0) is 19.1 Å². The number of aliphatic hydroxyl groups is 1. The minimum Gasteiger partial charge on any atom is -0.494 e. The monoisotopic (exact) mass is 579 g/mol. The first-order valence-electron chi connectivity index (χ1n) is 15.7. The number of aliphatic hydroxyl groups excluding tert-OH is 1. The highest BCUT2D eigenvalue weighted by atomic mass is 16.5. The van der Waals surface area contributed by atoms with Gasteiger partial charge in [-0.1, -0.05) is 51.0 Å². The molecule has 2 saturated heterocycles. The van der Waals surface area contributed by atoms with Gasteiger partial charge in [-0.25, -0.2) is 0 Å². The second-order valence-electron chi connectivity index (χ2n) is 11.8. The number of ether oxygens (including phenoxy) is 2. The summed E-state index contributed by atoms with van der Waals surface area (Å²) >= 11 is 0. The lowest BCUT2D eigenvalue weighted by atomic mass is 9.73. The predicted octanol–water partition coefficient (Wildman–Crippen LogP) is 3.71. The molecule has 1 unspecified atom stereocenters. The van der Waals surface area contributed by atoms with E-state index in [1.165, 1.54) is 0 Å². The molecule has 0 saturated carbocycles. The fraction of sp³-hybridized carbons (Fsp3) is 0.606. The Morgan fingerprint density at radius 1 is 0.881 bits per heavy atom. The molecule has 0 aromatic heterocycles. The normalized spacial score (nSPS) is 30.3. The first kappa shape index (κ1) is 30.3. The molecule has 1 spiro atoms. The lowest BCUT2D eigenvalue weighted by Gasteiger charge is -2.38. The molecule has 4 aliphatic rings. The quantitative estimate of drug-likeness (QED) is 0.300. The Balaban J connectivity index is 1.56. The predicted molar refractivity (Wildman–Crippen MR) is 160 cm³/mol. The molecule has 0 radical (unpaired) electrons. The van der Waals surface area contributed by atoms with Crippen LogP contribution in [0.15, 0.2) is 48.6 Å². The number of hydrogen-bond donors (Lipinski definition) is 1. The van der Waals surface area contributed by atoms with Crippen molar-refractivity contribution in [2.24, 2.45) is 11.8 Å². The molecule has 4 aliphatic heterocycles. The number of likely N-dealkylation sites (tertiary alicyclic amines) is 1. The molecule has 0 bridgehead atoms. The second kappa shape index (κ2) is 12.6. The van der Waals surface area contributed by atoms with Gasteiger partial charge in [0.15, 0.2) is 0 Å². The molecule has 1 N–H and O–H groups in total. The summed E-state index contributed by atoms with van der Waals surface area (Å²) in [5.41, 5.74) is -1.55. The Kier molecular flexibility index (Phi) is 9.08.